The summed E-state index contributed by atoms with van der Waals surface area (Å²) in [5.41, 5.74) is 4.75. The summed E-state index contributed by atoms with van der Waals surface area (Å²) in [5.74, 6) is 0. The quantitative estimate of drug-likeness (QED) is 0.793. The summed E-state index contributed by atoms with van der Waals surface area (Å²) < 4.78 is 1.90. The number of benzene rings is 1. The first kappa shape index (κ1) is 12.8. The van der Waals surface area contributed by atoms with Crippen molar-refractivity contribution in [2.75, 3.05) is 0 Å². The molecule has 0 saturated carbocycles. The largest absolute Gasteiger partial charge is 0.392 e. The highest BCUT2D eigenvalue weighted by atomic mass is 16.3. The van der Waals surface area contributed by atoms with E-state index in [1.807, 2.05) is 42.8 Å². The summed E-state index contributed by atoms with van der Waals surface area (Å²) in [6, 6.07) is 12.2. The van der Waals surface area contributed by atoms with Crippen molar-refractivity contribution in [2.24, 2.45) is 0 Å². The van der Waals surface area contributed by atoms with Gasteiger partial charge in [-0.15, -0.1) is 0 Å². The van der Waals surface area contributed by atoms with Crippen LogP contribution in [0.1, 0.15) is 22.6 Å². The van der Waals surface area contributed by atoms with Gasteiger partial charge in [0.05, 0.1) is 30.1 Å². The number of para-hydroxylation sites is 1. The third-order valence-electron chi connectivity index (χ3n) is 3.66. The molecule has 1 aromatic carbocycles. The fourth-order valence-electron chi connectivity index (χ4n) is 2.47. The normalized spacial score (nSPS) is 11.2. The van der Waals surface area contributed by atoms with Crippen LogP contribution in [0.4, 0.5) is 0 Å². The second-order valence-electron chi connectivity index (χ2n) is 4.96. The predicted octanol–water partition coefficient (Wildman–Crippen LogP) is 2.59. The molecule has 4 heteroatoms. The Morgan fingerprint density at radius 2 is 1.90 bits per heavy atom. The average Bonchev–Trinajstić information content (AvgIpc) is 2.73. The maximum Gasteiger partial charge on any atom is 0.0834 e. The van der Waals surface area contributed by atoms with Gasteiger partial charge in [-0.05, 0) is 26.0 Å². The number of hydrogen-bond acceptors (Lipinski definition) is 3. The van der Waals surface area contributed by atoms with Crippen LogP contribution in [0.15, 0.2) is 36.4 Å². The number of aliphatic hydroxyl groups excluding tert-OH is 1. The summed E-state index contributed by atoms with van der Waals surface area (Å²) in [7, 11) is 0. The molecule has 0 radical (unpaired) electrons. The van der Waals surface area contributed by atoms with Gasteiger partial charge in [-0.25, -0.2) is 0 Å². The van der Waals surface area contributed by atoms with E-state index in [-0.39, 0.29) is 6.61 Å². The van der Waals surface area contributed by atoms with Crippen LogP contribution >= 0.6 is 0 Å². The Balaban J connectivity index is 1.97. The van der Waals surface area contributed by atoms with Crippen molar-refractivity contribution in [3.63, 3.8) is 0 Å². The second kappa shape index (κ2) is 5.06. The van der Waals surface area contributed by atoms with Crippen molar-refractivity contribution >= 4 is 10.9 Å². The van der Waals surface area contributed by atoms with Crippen LogP contribution in [0.25, 0.3) is 10.9 Å². The summed E-state index contributed by atoms with van der Waals surface area (Å²) in [5, 5.41) is 15.0. The molecule has 2 heterocycles. The third-order valence-corrected chi connectivity index (χ3v) is 3.66. The summed E-state index contributed by atoms with van der Waals surface area (Å²) >= 11 is 0. The fraction of sp³-hybridized carbons (Fsp3) is 0.250. The summed E-state index contributed by atoms with van der Waals surface area (Å²) in [4.78, 5) is 4.65. The monoisotopic (exact) mass is 267 g/mol. The molecule has 0 bridgehead atoms. The molecule has 3 aromatic rings. The van der Waals surface area contributed by atoms with Gasteiger partial charge in [0.2, 0.25) is 0 Å². The van der Waals surface area contributed by atoms with Gasteiger partial charge in [-0.3, -0.25) is 9.67 Å². The van der Waals surface area contributed by atoms with Gasteiger partial charge in [-0.2, -0.15) is 5.10 Å². The SMILES string of the molecule is Cc1nn(Cc2ccc3ccccc3n2)c(C)c1CO. The smallest absolute Gasteiger partial charge is 0.0834 e. The lowest BCUT2D eigenvalue weighted by molar-refractivity contribution is 0.280. The Morgan fingerprint density at radius 1 is 1.10 bits per heavy atom. The highest BCUT2D eigenvalue weighted by Gasteiger charge is 2.11. The molecule has 3 rings (SSSR count). The van der Waals surface area contributed by atoms with E-state index >= 15 is 0 Å². The number of fused-ring (bicyclic) bond motifs is 1. The van der Waals surface area contributed by atoms with Crippen molar-refractivity contribution in [3.8, 4) is 0 Å². The minimum atomic E-state index is 0.0306. The second-order valence-corrected chi connectivity index (χ2v) is 4.96. The van der Waals surface area contributed by atoms with Gasteiger partial charge < -0.3 is 5.11 Å². The molecule has 102 valence electrons. The Hall–Kier alpha value is -2.20. The third kappa shape index (κ3) is 2.18. The van der Waals surface area contributed by atoms with Crippen LogP contribution in [0.2, 0.25) is 0 Å². The lowest BCUT2D eigenvalue weighted by Crippen LogP contribution is -2.06. The molecule has 0 atom stereocenters. The highest BCUT2D eigenvalue weighted by molar-refractivity contribution is 5.78. The van der Waals surface area contributed by atoms with Gasteiger partial charge in [0.25, 0.3) is 0 Å². The van der Waals surface area contributed by atoms with Gasteiger partial charge >= 0.3 is 0 Å². The number of hydrogen-bond donors (Lipinski definition) is 1. The molecule has 0 amide bonds. The topological polar surface area (TPSA) is 50.9 Å². The van der Waals surface area contributed by atoms with Crippen LogP contribution in [-0.2, 0) is 13.2 Å². The molecule has 0 unspecified atom stereocenters. The molecular formula is C16H17N3O. The molecule has 0 aliphatic carbocycles. The zero-order valence-corrected chi connectivity index (χ0v) is 11.7. The number of rotatable bonds is 3. The van der Waals surface area contributed by atoms with Crippen LogP contribution in [0.5, 0.6) is 0 Å². The fourth-order valence-corrected chi connectivity index (χ4v) is 2.47. The van der Waals surface area contributed by atoms with Gasteiger partial charge in [0, 0.05) is 16.6 Å². The molecule has 2 aromatic heterocycles. The Kier molecular flexibility index (Phi) is 3.24. The Labute approximate surface area is 117 Å². The highest BCUT2D eigenvalue weighted by Crippen LogP contribution is 2.16. The van der Waals surface area contributed by atoms with E-state index in [1.54, 1.807) is 0 Å². The van der Waals surface area contributed by atoms with Crippen LogP contribution < -0.4 is 0 Å². The van der Waals surface area contributed by atoms with E-state index < -0.39 is 0 Å². The first-order chi connectivity index (χ1) is 9.69. The number of aryl methyl sites for hydroxylation is 1. The maximum atomic E-state index is 9.35. The van der Waals surface area contributed by atoms with Gasteiger partial charge in [0.15, 0.2) is 0 Å². The standard InChI is InChI=1S/C16H17N3O/c1-11-15(10-20)12(2)19(18-11)9-14-8-7-13-5-3-4-6-16(13)17-14/h3-8,20H,9-10H2,1-2H3. The average molecular weight is 267 g/mol. The number of nitrogens with zero attached hydrogens (tertiary/aromatic N) is 3. The minimum Gasteiger partial charge on any atom is -0.392 e. The maximum absolute atomic E-state index is 9.35. The first-order valence-electron chi connectivity index (χ1n) is 6.67. The Morgan fingerprint density at radius 3 is 2.65 bits per heavy atom. The molecule has 0 fully saturated rings. The van der Waals surface area contributed by atoms with Gasteiger partial charge in [-0.1, -0.05) is 24.3 Å². The van der Waals surface area contributed by atoms with Gasteiger partial charge in [0.1, 0.15) is 0 Å². The van der Waals surface area contributed by atoms with Crippen LogP contribution in [-0.4, -0.2) is 19.9 Å². The molecule has 0 aliphatic rings. The lowest BCUT2D eigenvalue weighted by atomic mass is 10.2. The molecular weight excluding hydrogens is 250 g/mol. The lowest BCUT2D eigenvalue weighted by Gasteiger charge is -2.06. The van der Waals surface area contributed by atoms with Crippen molar-refractivity contribution in [1.29, 1.82) is 0 Å². The van der Waals surface area contributed by atoms with Crippen molar-refractivity contribution in [3.05, 3.63) is 59.0 Å². The van der Waals surface area contributed by atoms with E-state index in [0.29, 0.717) is 6.54 Å². The Bertz CT molecular complexity index is 762. The molecule has 20 heavy (non-hydrogen) atoms. The molecule has 0 spiro atoms. The van der Waals surface area contributed by atoms with E-state index in [4.69, 9.17) is 0 Å². The van der Waals surface area contributed by atoms with Crippen LogP contribution in [0, 0.1) is 13.8 Å². The van der Waals surface area contributed by atoms with Crippen molar-refractivity contribution in [2.45, 2.75) is 27.0 Å². The van der Waals surface area contributed by atoms with E-state index in [0.717, 1.165) is 33.5 Å². The van der Waals surface area contributed by atoms with Crippen molar-refractivity contribution in [1.82, 2.24) is 14.8 Å². The summed E-state index contributed by atoms with van der Waals surface area (Å²) in [6.45, 7) is 4.55. The van der Waals surface area contributed by atoms with Crippen molar-refractivity contribution < 1.29 is 5.11 Å². The van der Waals surface area contributed by atoms with E-state index in [1.165, 1.54) is 0 Å². The zero-order chi connectivity index (χ0) is 14.1. The molecule has 0 saturated heterocycles. The number of pyridine rings is 1. The summed E-state index contributed by atoms with van der Waals surface area (Å²) in [6.07, 6.45) is 0. The zero-order valence-electron chi connectivity index (χ0n) is 11.7. The molecule has 4 nitrogen and oxygen atoms in total. The predicted molar refractivity (Wildman–Crippen MR) is 78.5 cm³/mol. The van der Waals surface area contributed by atoms with E-state index in [2.05, 4.69) is 22.2 Å². The molecule has 1 N–H and O–H groups in total. The van der Waals surface area contributed by atoms with Crippen LogP contribution in [0.3, 0.4) is 0 Å². The minimum absolute atomic E-state index is 0.0306. The number of aromatic nitrogens is 3. The molecule has 0 aliphatic heterocycles. The first-order valence-corrected chi connectivity index (χ1v) is 6.67. The number of aliphatic hydroxyl groups is 1. The van der Waals surface area contributed by atoms with E-state index in [9.17, 15) is 5.11 Å².